The first-order valence-corrected chi connectivity index (χ1v) is 10.5. The third-order valence-corrected chi connectivity index (χ3v) is 6.32. The predicted molar refractivity (Wildman–Crippen MR) is 113 cm³/mol. The van der Waals surface area contributed by atoms with Gasteiger partial charge in [-0.25, -0.2) is 0 Å². The van der Waals surface area contributed by atoms with Crippen molar-refractivity contribution in [1.82, 2.24) is 9.47 Å². The number of rotatable bonds is 2. The number of piperidine rings is 1. The molecule has 0 radical (unpaired) electrons. The maximum atomic E-state index is 12.8. The molecule has 0 saturated carbocycles. The molecule has 1 atom stereocenters. The number of amides is 1. The molecule has 4 nitrogen and oxygen atoms in total. The van der Waals surface area contributed by atoms with Crippen molar-refractivity contribution >= 4 is 17.5 Å². The molecule has 1 unspecified atom stereocenters. The summed E-state index contributed by atoms with van der Waals surface area (Å²) in [7, 11) is 0. The maximum absolute atomic E-state index is 12.8. The van der Waals surface area contributed by atoms with Gasteiger partial charge in [-0.3, -0.25) is 4.79 Å². The normalized spacial score (nSPS) is 19.1. The Morgan fingerprint density at radius 2 is 1.72 bits per heavy atom. The van der Waals surface area contributed by atoms with Gasteiger partial charge in [0.15, 0.2) is 0 Å². The fraction of sp³-hybridized carbons (Fsp3) is 0.292. The number of carbonyl (C=O) groups is 1. The van der Waals surface area contributed by atoms with E-state index >= 15 is 0 Å². The summed E-state index contributed by atoms with van der Waals surface area (Å²) in [4.78, 5) is 14.8. The first-order valence-electron chi connectivity index (χ1n) is 10.1. The molecular formula is C24H23ClN2O2. The molecule has 1 saturated heterocycles. The van der Waals surface area contributed by atoms with E-state index in [0.717, 1.165) is 38.2 Å². The highest BCUT2D eigenvalue weighted by Crippen LogP contribution is 2.39. The highest BCUT2D eigenvalue weighted by Gasteiger charge is 2.34. The number of nitrogens with zero attached hydrogens (tertiary/aromatic N) is 2. The molecule has 1 aromatic heterocycles. The molecule has 29 heavy (non-hydrogen) atoms. The van der Waals surface area contributed by atoms with Gasteiger partial charge in [-0.15, -0.1) is 0 Å². The van der Waals surface area contributed by atoms with Gasteiger partial charge in [0.05, 0.1) is 12.2 Å². The Labute approximate surface area is 175 Å². The topological polar surface area (TPSA) is 34.5 Å². The zero-order valence-corrected chi connectivity index (χ0v) is 16.9. The lowest BCUT2D eigenvalue weighted by molar-refractivity contribution is 0.0530. The second-order valence-electron chi connectivity index (χ2n) is 7.84. The Morgan fingerprint density at radius 3 is 2.52 bits per heavy atom. The van der Waals surface area contributed by atoms with Crippen LogP contribution < -0.4 is 4.74 Å². The minimum atomic E-state index is 0.0152. The summed E-state index contributed by atoms with van der Waals surface area (Å²) in [5.74, 6) is 1.43. The molecule has 0 N–H and O–H groups in total. The third-order valence-electron chi connectivity index (χ3n) is 6.07. The van der Waals surface area contributed by atoms with Crippen LogP contribution in [-0.2, 0) is 6.54 Å². The van der Waals surface area contributed by atoms with Crippen LogP contribution in [0.4, 0.5) is 0 Å². The number of benzene rings is 2. The first kappa shape index (κ1) is 18.3. The average molecular weight is 407 g/mol. The van der Waals surface area contributed by atoms with E-state index in [9.17, 15) is 4.79 Å². The van der Waals surface area contributed by atoms with Crippen LogP contribution in [-0.4, -0.2) is 28.5 Å². The maximum Gasteiger partial charge on any atom is 0.253 e. The van der Waals surface area contributed by atoms with Gasteiger partial charge in [0, 0.05) is 41.4 Å². The van der Waals surface area contributed by atoms with Gasteiger partial charge in [0.2, 0.25) is 0 Å². The Hall–Kier alpha value is -2.72. The molecule has 2 aromatic carbocycles. The van der Waals surface area contributed by atoms with Gasteiger partial charge in [0.1, 0.15) is 11.9 Å². The van der Waals surface area contributed by atoms with E-state index in [4.69, 9.17) is 16.3 Å². The van der Waals surface area contributed by atoms with Gasteiger partial charge < -0.3 is 14.2 Å². The summed E-state index contributed by atoms with van der Waals surface area (Å²) in [6.07, 6.45) is 4.00. The van der Waals surface area contributed by atoms with E-state index in [-0.39, 0.29) is 12.0 Å². The van der Waals surface area contributed by atoms with Crippen molar-refractivity contribution in [3.05, 3.63) is 88.7 Å². The molecule has 2 aliphatic heterocycles. The average Bonchev–Trinajstić information content (AvgIpc) is 3.15. The second-order valence-corrected chi connectivity index (χ2v) is 8.28. The second kappa shape index (κ2) is 7.60. The van der Waals surface area contributed by atoms with Crippen molar-refractivity contribution in [3.8, 4) is 5.75 Å². The van der Waals surface area contributed by atoms with E-state index in [1.54, 1.807) is 24.3 Å². The van der Waals surface area contributed by atoms with Gasteiger partial charge in [-0.1, -0.05) is 29.8 Å². The number of carbonyl (C=O) groups excluding carboxylic acids is 1. The van der Waals surface area contributed by atoms with Crippen molar-refractivity contribution in [2.45, 2.75) is 25.5 Å². The fourth-order valence-electron chi connectivity index (χ4n) is 4.48. The van der Waals surface area contributed by atoms with Crippen molar-refractivity contribution < 1.29 is 9.53 Å². The molecule has 0 spiro atoms. The molecule has 5 heteroatoms. The van der Waals surface area contributed by atoms with Crippen LogP contribution in [0.3, 0.4) is 0 Å². The molecule has 0 aliphatic carbocycles. The van der Waals surface area contributed by atoms with Crippen LogP contribution in [0.1, 0.15) is 40.6 Å². The monoisotopic (exact) mass is 406 g/mol. The quantitative estimate of drug-likeness (QED) is 0.588. The molecule has 5 rings (SSSR count). The van der Waals surface area contributed by atoms with Crippen LogP contribution in [0.5, 0.6) is 5.75 Å². The number of hydrogen-bond donors (Lipinski definition) is 0. The summed E-state index contributed by atoms with van der Waals surface area (Å²) in [6, 6.07) is 19.7. The number of ether oxygens (including phenoxy) is 1. The molecule has 2 aliphatic rings. The summed E-state index contributed by atoms with van der Waals surface area (Å²) < 4.78 is 8.83. The highest BCUT2D eigenvalue weighted by molar-refractivity contribution is 6.30. The minimum Gasteiger partial charge on any atom is -0.484 e. The highest BCUT2D eigenvalue weighted by atomic mass is 35.5. The zero-order valence-electron chi connectivity index (χ0n) is 16.1. The van der Waals surface area contributed by atoms with Crippen molar-refractivity contribution in [1.29, 1.82) is 0 Å². The van der Waals surface area contributed by atoms with E-state index < -0.39 is 0 Å². The minimum absolute atomic E-state index is 0.0152. The van der Waals surface area contributed by atoms with Gasteiger partial charge in [-0.05, 0) is 55.3 Å². The lowest BCUT2D eigenvalue weighted by Gasteiger charge is -2.36. The Balaban J connectivity index is 1.33. The predicted octanol–water partition coefficient (Wildman–Crippen LogP) is 5.18. The molecule has 3 heterocycles. The number of fused-ring (bicyclic) bond motifs is 2. The Morgan fingerprint density at radius 1 is 0.966 bits per heavy atom. The first-order chi connectivity index (χ1) is 14.2. The lowest BCUT2D eigenvalue weighted by Crippen LogP contribution is -2.40. The molecular weight excluding hydrogens is 384 g/mol. The Bertz CT molecular complexity index is 1020. The fourth-order valence-corrected chi connectivity index (χ4v) is 4.60. The number of aromatic nitrogens is 1. The summed E-state index contributed by atoms with van der Waals surface area (Å²) >= 11 is 5.95. The molecule has 3 aromatic rings. The zero-order chi connectivity index (χ0) is 19.8. The van der Waals surface area contributed by atoms with Crippen molar-refractivity contribution in [3.63, 3.8) is 0 Å². The molecule has 0 bridgehead atoms. The number of likely N-dealkylation sites (tertiary alicyclic amines) is 1. The van der Waals surface area contributed by atoms with Crippen LogP contribution in [0.2, 0.25) is 5.02 Å². The van der Waals surface area contributed by atoms with Crippen molar-refractivity contribution in [2.75, 3.05) is 13.1 Å². The van der Waals surface area contributed by atoms with Crippen LogP contribution in [0.15, 0.2) is 66.9 Å². The van der Waals surface area contributed by atoms with Crippen LogP contribution in [0, 0.1) is 5.92 Å². The van der Waals surface area contributed by atoms with E-state index in [0.29, 0.717) is 16.5 Å². The van der Waals surface area contributed by atoms with Gasteiger partial charge in [0.25, 0.3) is 5.91 Å². The molecule has 1 amide bonds. The van der Waals surface area contributed by atoms with Crippen LogP contribution >= 0.6 is 11.6 Å². The lowest BCUT2D eigenvalue weighted by atomic mass is 9.89. The summed E-state index contributed by atoms with van der Waals surface area (Å²) in [5.41, 5.74) is 3.13. The summed E-state index contributed by atoms with van der Waals surface area (Å²) in [6.45, 7) is 2.32. The van der Waals surface area contributed by atoms with Gasteiger partial charge in [-0.2, -0.15) is 0 Å². The number of para-hydroxylation sites is 1. The van der Waals surface area contributed by atoms with E-state index in [1.807, 2.05) is 11.0 Å². The summed E-state index contributed by atoms with van der Waals surface area (Å²) in [5, 5.41) is 0.647. The smallest absolute Gasteiger partial charge is 0.253 e. The van der Waals surface area contributed by atoms with E-state index in [1.165, 1.54) is 11.3 Å². The van der Waals surface area contributed by atoms with E-state index in [2.05, 4.69) is 41.1 Å². The SMILES string of the molecule is O=C(c1ccc(Cl)cc1)N1CCC(C2Oc3ccccc3Cn3cccc32)CC1. The number of hydrogen-bond acceptors (Lipinski definition) is 2. The largest absolute Gasteiger partial charge is 0.484 e. The standard InChI is InChI=1S/C24H23ClN2O2/c25-20-9-7-18(8-10-20)24(28)26-14-11-17(12-15-26)23-21-5-3-13-27(21)16-19-4-1-2-6-22(19)29-23/h1-10,13,17,23H,11-12,14-16H2. The van der Waals surface area contributed by atoms with Crippen LogP contribution in [0.25, 0.3) is 0 Å². The molecule has 1 fully saturated rings. The third kappa shape index (κ3) is 3.53. The van der Waals surface area contributed by atoms with Crippen molar-refractivity contribution in [2.24, 2.45) is 5.92 Å². The van der Waals surface area contributed by atoms with Gasteiger partial charge >= 0.3 is 0 Å². The molecule has 148 valence electrons. The number of halogens is 1. The Kier molecular flexibility index (Phi) is 4.80.